The van der Waals surface area contributed by atoms with Gasteiger partial charge in [-0.25, -0.2) is 0 Å². The van der Waals surface area contributed by atoms with E-state index in [1.807, 2.05) is 0 Å². The summed E-state index contributed by atoms with van der Waals surface area (Å²) in [6.07, 6.45) is 0. The third-order valence-electron chi connectivity index (χ3n) is 4.94. The van der Waals surface area contributed by atoms with Gasteiger partial charge in [0.15, 0.2) is 0 Å². The Kier molecular flexibility index (Phi) is 3.41. The van der Waals surface area contributed by atoms with E-state index in [0.717, 1.165) is 0 Å². The van der Waals surface area contributed by atoms with Gasteiger partial charge >= 0.3 is 0 Å². The van der Waals surface area contributed by atoms with Crippen molar-refractivity contribution in [3.05, 3.63) is 46.5 Å². The molecule has 0 spiro atoms. The summed E-state index contributed by atoms with van der Waals surface area (Å²) in [6.45, 7) is 18.1. The highest BCUT2D eigenvalue weighted by Crippen LogP contribution is 2.36. The number of hydrogen-bond acceptors (Lipinski definition) is 0. The Bertz CT molecular complexity index is 821. The molecule has 0 fully saturated rings. The summed E-state index contributed by atoms with van der Waals surface area (Å²) in [5.74, 6) is 0. The number of hydrogen-bond donors (Lipinski definition) is 1. The monoisotopic (exact) mass is 307 g/mol. The Labute approximate surface area is 140 Å². The molecule has 122 valence electrons. The van der Waals surface area contributed by atoms with Crippen LogP contribution in [0.4, 0.5) is 0 Å². The SMILES string of the molecule is Cc1cc(C(C)(C)C)cc2c1[nH]c1c(C)cc(C(C)(C)C)cc12. The van der Waals surface area contributed by atoms with Gasteiger partial charge in [0, 0.05) is 21.8 Å². The molecular formula is C22H29N. The second kappa shape index (κ2) is 4.87. The number of rotatable bonds is 0. The lowest BCUT2D eigenvalue weighted by Gasteiger charge is -2.21. The van der Waals surface area contributed by atoms with Gasteiger partial charge in [0.2, 0.25) is 0 Å². The van der Waals surface area contributed by atoms with Crippen LogP contribution in [0.1, 0.15) is 63.8 Å². The van der Waals surface area contributed by atoms with Crippen LogP contribution in [0.5, 0.6) is 0 Å². The van der Waals surface area contributed by atoms with Gasteiger partial charge < -0.3 is 4.98 Å². The molecule has 0 aliphatic rings. The molecular weight excluding hydrogens is 278 g/mol. The Morgan fingerprint density at radius 3 is 1.26 bits per heavy atom. The third-order valence-corrected chi connectivity index (χ3v) is 4.94. The molecule has 1 heteroatoms. The fourth-order valence-corrected chi connectivity index (χ4v) is 3.32. The lowest BCUT2D eigenvalue weighted by molar-refractivity contribution is 0.590. The van der Waals surface area contributed by atoms with Gasteiger partial charge in [-0.1, -0.05) is 53.7 Å². The van der Waals surface area contributed by atoms with Crippen LogP contribution in [0.2, 0.25) is 0 Å². The second-order valence-electron chi connectivity index (χ2n) is 9.06. The largest absolute Gasteiger partial charge is 0.354 e. The van der Waals surface area contributed by atoms with Crippen molar-refractivity contribution in [2.45, 2.75) is 66.2 Å². The minimum atomic E-state index is 0.166. The highest BCUT2D eigenvalue weighted by Gasteiger charge is 2.20. The first-order valence-corrected chi connectivity index (χ1v) is 8.56. The number of fused-ring (bicyclic) bond motifs is 3. The van der Waals surface area contributed by atoms with E-state index in [1.54, 1.807) is 0 Å². The Balaban J connectivity index is 2.44. The minimum absolute atomic E-state index is 0.166. The summed E-state index contributed by atoms with van der Waals surface area (Å²) in [6, 6.07) is 9.43. The molecule has 0 aliphatic heterocycles. The highest BCUT2D eigenvalue weighted by molar-refractivity contribution is 6.09. The van der Waals surface area contributed by atoms with E-state index in [0.29, 0.717) is 0 Å². The third kappa shape index (κ3) is 2.67. The minimum Gasteiger partial charge on any atom is -0.354 e. The molecule has 0 saturated carbocycles. The molecule has 0 aliphatic carbocycles. The van der Waals surface area contributed by atoms with Crippen molar-refractivity contribution in [3.63, 3.8) is 0 Å². The standard InChI is InChI=1S/C22H29N/c1-13-9-15(21(3,4)5)11-17-18-12-16(22(6,7)8)10-14(2)20(18)23-19(13)17/h9-12,23H,1-8H3. The zero-order valence-electron chi connectivity index (χ0n) is 15.8. The first-order chi connectivity index (χ1) is 10.5. The van der Waals surface area contributed by atoms with Crippen LogP contribution >= 0.6 is 0 Å². The summed E-state index contributed by atoms with van der Waals surface area (Å²) in [7, 11) is 0. The molecule has 1 aromatic heterocycles. The quantitative estimate of drug-likeness (QED) is 0.486. The zero-order chi connectivity index (χ0) is 17.2. The average molecular weight is 307 g/mol. The Morgan fingerprint density at radius 2 is 0.957 bits per heavy atom. The molecule has 1 nitrogen and oxygen atoms in total. The van der Waals surface area contributed by atoms with Crippen LogP contribution in [0.3, 0.4) is 0 Å². The number of nitrogens with one attached hydrogen (secondary N) is 1. The number of aryl methyl sites for hydroxylation is 2. The van der Waals surface area contributed by atoms with E-state index in [2.05, 4.69) is 84.6 Å². The topological polar surface area (TPSA) is 15.8 Å². The van der Waals surface area contributed by atoms with E-state index in [4.69, 9.17) is 0 Å². The summed E-state index contributed by atoms with van der Waals surface area (Å²) in [4.78, 5) is 3.67. The predicted molar refractivity (Wildman–Crippen MR) is 103 cm³/mol. The van der Waals surface area contributed by atoms with E-state index >= 15 is 0 Å². The molecule has 0 amide bonds. The highest BCUT2D eigenvalue weighted by atomic mass is 14.7. The molecule has 0 saturated heterocycles. The maximum Gasteiger partial charge on any atom is 0.0494 e. The van der Waals surface area contributed by atoms with Crippen molar-refractivity contribution in [2.75, 3.05) is 0 Å². The van der Waals surface area contributed by atoms with Gasteiger partial charge in [-0.3, -0.25) is 0 Å². The van der Waals surface area contributed by atoms with Crippen LogP contribution in [0.15, 0.2) is 24.3 Å². The maximum absolute atomic E-state index is 3.67. The van der Waals surface area contributed by atoms with Crippen LogP contribution in [-0.4, -0.2) is 4.98 Å². The van der Waals surface area contributed by atoms with E-state index < -0.39 is 0 Å². The first-order valence-electron chi connectivity index (χ1n) is 8.56. The summed E-state index contributed by atoms with van der Waals surface area (Å²) in [5.41, 5.74) is 8.37. The van der Waals surface area contributed by atoms with Crippen LogP contribution in [0.25, 0.3) is 21.8 Å². The number of aromatic nitrogens is 1. The Morgan fingerprint density at radius 1 is 0.609 bits per heavy atom. The molecule has 0 unspecified atom stereocenters. The van der Waals surface area contributed by atoms with Crippen molar-refractivity contribution in [1.29, 1.82) is 0 Å². The molecule has 1 N–H and O–H groups in total. The van der Waals surface area contributed by atoms with Gasteiger partial charge in [0.05, 0.1) is 0 Å². The van der Waals surface area contributed by atoms with Crippen molar-refractivity contribution in [1.82, 2.24) is 4.98 Å². The zero-order valence-corrected chi connectivity index (χ0v) is 15.8. The molecule has 0 bridgehead atoms. The van der Waals surface area contributed by atoms with Gasteiger partial charge in [-0.2, -0.15) is 0 Å². The van der Waals surface area contributed by atoms with Crippen molar-refractivity contribution >= 4 is 21.8 Å². The van der Waals surface area contributed by atoms with Gasteiger partial charge in [0.1, 0.15) is 0 Å². The lowest BCUT2D eigenvalue weighted by atomic mass is 9.83. The lowest BCUT2D eigenvalue weighted by Crippen LogP contribution is -2.11. The predicted octanol–water partition coefficient (Wildman–Crippen LogP) is 6.53. The maximum atomic E-state index is 3.67. The van der Waals surface area contributed by atoms with Crippen molar-refractivity contribution in [2.24, 2.45) is 0 Å². The van der Waals surface area contributed by atoms with Crippen molar-refractivity contribution < 1.29 is 0 Å². The average Bonchev–Trinajstić information content (AvgIpc) is 2.77. The van der Waals surface area contributed by atoms with E-state index in [1.165, 1.54) is 44.1 Å². The van der Waals surface area contributed by atoms with Crippen LogP contribution in [0, 0.1) is 13.8 Å². The normalized spacial score (nSPS) is 13.2. The fourth-order valence-electron chi connectivity index (χ4n) is 3.32. The van der Waals surface area contributed by atoms with Gasteiger partial charge in [0.25, 0.3) is 0 Å². The molecule has 3 rings (SSSR count). The van der Waals surface area contributed by atoms with Gasteiger partial charge in [-0.15, -0.1) is 0 Å². The molecule has 0 atom stereocenters. The number of benzene rings is 2. The van der Waals surface area contributed by atoms with E-state index in [9.17, 15) is 0 Å². The second-order valence-corrected chi connectivity index (χ2v) is 9.06. The van der Waals surface area contributed by atoms with Crippen LogP contribution < -0.4 is 0 Å². The molecule has 2 aromatic carbocycles. The van der Waals surface area contributed by atoms with E-state index in [-0.39, 0.29) is 10.8 Å². The fraction of sp³-hybridized carbons (Fsp3) is 0.455. The summed E-state index contributed by atoms with van der Waals surface area (Å²) in [5, 5.41) is 2.72. The molecule has 0 radical (unpaired) electrons. The van der Waals surface area contributed by atoms with Crippen LogP contribution in [-0.2, 0) is 10.8 Å². The number of H-pyrrole nitrogens is 1. The summed E-state index contributed by atoms with van der Waals surface area (Å²) >= 11 is 0. The van der Waals surface area contributed by atoms with Crippen molar-refractivity contribution in [3.8, 4) is 0 Å². The summed E-state index contributed by atoms with van der Waals surface area (Å²) < 4.78 is 0. The smallest absolute Gasteiger partial charge is 0.0494 e. The molecule has 1 heterocycles. The molecule has 23 heavy (non-hydrogen) atoms. The first kappa shape index (κ1) is 16.1. The number of aromatic amines is 1. The molecule has 3 aromatic rings. The van der Waals surface area contributed by atoms with Gasteiger partial charge in [-0.05, 0) is 59.1 Å². The Hall–Kier alpha value is -1.76.